The molecule has 146 valence electrons. The van der Waals surface area contributed by atoms with Crippen LogP contribution >= 0.6 is 0 Å². The summed E-state index contributed by atoms with van der Waals surface area (Å²) in [6.45, 7) is 1.53. The number of rotatable bonds is 5. The molecule has 4 rings (SSSR count). The van der Waals surface area contributed by atoms with Gasteiger partial charge in [-0.3, -0.25) is 9.59 Å². The Labute approximate surface area is 162 Å². The molecule has 6 heteroatoms. The number of piperidine rings is 1. The second-order valence-corrected chi connectivity index (χ2v) is 7.46. The molecule has 0 spiro atoms. The second-order valence-electron chi connectivity index (χ2n) is 7.46. The normalized spacial score (nSPS) is 16.8. The molecule has 0 radical (unpaired) electrons. The Morgan fingerprint density at radius 1 is 1.07 bits per heavy atom. The van der Waals surface area contributed by atoms with Crippen molar-refractivity contribution in [2.75, 3.05) is 18.0 Å². The van der Waals surface area contributed by atoms with Crippen molar-refractivity contribution >= 4 is 17.4 Å². The molecule has 0 bridgehead atoms. The van der Waals surface area contributed by atoms with Crippen LogP contribution in [0, 0.1) is 17.6 Å². The van der Waals surface area contributed by atoms with Crippen LogP contribution in [0.25, 0.3) is 0 Å². The molecule has 0 unspecified atom stereocenters. The third-order valence-corrected chi connectivity index (χ3v) is 5.61. The molecule has 1 fully saturated rings. The highest BCUT2D eigenvalue weighted by Gasteiger charge is 2.23. The van der Waals surface area contributed by atoms with Crippen LogP contribution in [-0.2, 0) is 11.2 Å². The zero-order chi connectivity index (χ0) is 19.7. The summed E-state index contributed by atoms with van der Waals surface area (Å²) >= 11 is 0. The number of hydrogen-bond acceptors (Lipinski definition) is 4. The maximum Gasteiger partial charge on any atom is 0.315 e. The van der Waals surface area contributed by atoms with Crippen molar-refractivity contribution in [1.29, 1.82) is 0 Å². The number of carbonyl (C=O) groups excluding carboxylic acids is 2. The van der Waals surface area contributed by atoms with Crippen molar-refractivity contribution in [2.45, 2.75) is 32.1 Å². The van der Waals surface area contributed by atoms with Gasteiger partial charge in [-0.05, 0) is 43.4 Å². The number of halogens is 2. The monoisotopic (exact) mass is 385 g/mol. The van der Waals surface area contributed by atoms with Crippen LogP contribution in [0.3, 0.4) is 0 Å². The van der Waals surface area contributed by atoms with E-state index in [-0.39, 0.29) is 18.2 Å². The quantitative estimate of drug-likeness (QED) is 0.437. The maximum absolute atomic E-state index is 13.4. The Balaban J connectivity index is 1.28. The fourth-order valence-corrected chi connectivity index (χ4v) is 3.92. The van der Waals surface area contributed by atoms with Gasteiger partial charge in [0.1, 0.15) is 5.75 Å². The number of ether oxygens (including phenoxy) is 1. The molecular formula is C22H21F2NO3. The van der Waals surface area contributed by atoms with Gasteiger partial charge in [0.2, 0.25) is 0 Å². The average Bonchev–Trinajstić information content (AvgIpc) is 3.08. The van der Waals surface area contributed by atoms with Gasteiger partial charge in [-0.25, -0.2) is 8.78 Å². The lowest BCUT2D eigenvalue weighted by atomic mass is 9.90. The minimum atomic E-state index is -0.835. The molecule has 2 heterocycles. The van der Waals surface area contributed by atoms with Gasteiger partial charge < -0.3 is 9.64 Å². The number of hydrogen-bond donors (Lipinski definition) is 0. The number of esters is 1. The van der Waals surface area contributed by atoms with E-state index in [4.69, 9.17) is 4.74 Å². The molecular weight excluding hydrogens is 364 g/mol. The van der Waals surface area contributed by atoms with E-state index < -0.39 is 11.6 Å². The zero-order valence-corrected chi connectivity index (χ0v) is 15.4. The molecule has 0 aliphatic carbocycles. The first-order chi connectivity index (χ1) is 13.5. The molecule has 2 aliphatic heterocycles. The van der Waals surface area contributed by atoms with Crippen molar-refractivity contribution in [1.82, 2.24) is 0 Å². The molecule has 0 amide bonds. The molecule has 0 aromatic heterocycles. The molecule has 0 saturated carbocycles. The van der Waals surface area contributed by atoms with Crippen LogP contribution in [0.15, 0.2) is 36.4 Å². The van der Waals surface area contributed by atoms with E-state index in [1.165, 1.54) is 6.07 Å². The molecule has 2 aromatic rings. The first kappa shape index (κ1) is 18.6. The summed E-state index contributed by atoms with van der Waals surface area (Å²) in [6.07, 6.45) is 3.33. The van der Waals surface area contributed by atoms with E-state index in [1.54, 1.807) is 24.3 Å². The average molecular weight is 385 g/mol. The molecule has 2 aliphatic rings. The van der Waals surface area contributed by atoms with Crippen molar-refractivity contribution < 1.29 is 23.1 Å². The van der Waals surface area contributed by atoms with E-state index in [9.17, 15) is 18.4 Å². The summed E-state index contributed by atoms with van der Waals surface area (Å²) in [5, 5.41) is 0. The minimum Gasteiger partial charge on any atom is -0.426 e. The van der Waals surface area contributed by atoms with Gasteiger partial charge in [0.15, 0.2) is 17.4 Å². The van der Waals surface area contributed by atoms with Gasteiger partial charge in [-0.2, -0.15) is 0 Å². The van der Waals surface area contributed by atoms with Gasteiger partial charge in [0.05, 0.1) is 6.42 Å². The van der Waals surface area contributed by atoms with Crippen molar-refractivity contribution in [2.24, 2.45) is 5.92 Å². The van der Waals surface area contributed by atoms with E-state index in [2.05, 4.69) is 4.90 Å². The maximum atomic E-state index is 13.4. The summed E-state index contributed by atoms with van der Waals surface area (Å²) in [7, 11) is 0. The Bertz CT molecular complexity index is 920. The molecule has 2 aromatic carbocycles. The molecule has 28 heavy (non-hydrogen) atoms. The molecule has 4 nitrogen and oxygen atoms in total. The minimum absolute atomic E-state index is 0.0498. The van der Waals surface area contributed by atoms with Crippen LogP contribution in [0.2, 0.25) is 0 Å². The number of anilines is 1. The van der Waals surface area contributed by atoms with Gasteiger partial charge in [-0.15, -0.1) is 0 Å². The molecule has 1 saturated heterocycles. The highest BCUT2D eigenvalue weighted by atomic mass is 19.2. The lowest BCUT2D eigenvalue weighted by Gasteiger charge is -2.33. The number of Topliss-reactive ketones (excluding diaryl/α,β-unsaturated/α-hetero) is 1. The highest BCUT2D eigenvalue weighted by Crippen LogP contribution is 2.30. The van der Waals surface area contributed by atoms with E-state index in [0.29, 0.717) is 29.3 Å². The summed E-state index contributed by atoms with van der Waals surface area (Å²) in [5.41, 5.74) is 2.10. The number of nitrogens with zero attached hydrogens (tertiary/aromatic N) is 1. The first-order valence-electron chi connectivity index (χ1n) is 9.56. The van der Waals surface area contributed by atoms with Crippen molar-refractivity contribution in [3.05, 3.63) is 59.2 Å². The van der Waals surface area contributed by atoms with Gasteiger partial charge in [0, 0.05) is 42.4 Å². The topological polar surface area (TPSA) is 46.6 Å². The summed E-state index contributed by atoms with van der Waals surface area (Å²) < 4.78 is 31.6. The Hall–Kier alpha value is -2.76. The number of ketones is 1. The SMILES string of the molecule is O=C1Cc2ccc(C(=O)CCC3CCN(c4ccc(F)c(F)c4)CC3)cc2O1. The van der Waals surface area contributed by atoms with Crippen LogP contribution in [0.5, 0.6) is 5.75 Å². The fraction of sp³-hybridized carbons (Fsp3) is 0.364. The van der Waals surface area contributed by atoms with Crippen LogP contribution in [0.4, 0.5) is 14.5 Å². The van der Waals surface area contributed by atoms with Crippen LogP contribution < -0.4 is 9.64 Å². The predicted molar refractivity (Wildman–Crippen MR) is 101 cm³/mol. The summed E-state index contributed by atoms with van der Waals surface area (Å²) in [6, 6.07) is 9.20. The molecule has 0 N–H and O–H groups in total. The summed E-state index contributed by atoms with van der Waals surface area (Å²) in [5.74, 6) is -0.974. The Morgan fingerprint density at radius 3 is 2.61 bits per heavy atom. The fourth-order valence-electron chi connectivity index (χ4n) is 3.92. The zero-order valence-electron chi connectivity index (χ0n) is 15.4. The second kappa shape index (κ2) is 7.70. The highest BCUT2D eigenvalue weighted by molar-refractivity contribution is 5.97. The van der Waals surface area contributed by atoms with Crippen molar-refractivity contribution in [3.8, 4) is 5.75 Å². The third kappa shape index (κ3) is 3.91. The smallest absolute Gasteiger partial charge is 0.315 e. The largest absolute Gasteiger partial charge is 0.426 e. The van der Waals surface area contributed by atoms with Crippen LogP contribution in [0.1, 0.15) is 41.6 Å². The standard InChI is InChI=1S/C22H21F2NO3/c23-18-5-4-17(13-19(18)24)25-9-7-14(8-10-25)1-6-20(26)15-2-3-16-12-22(27)28-21(16)11-15/h2-5,11,13-14H,1,6-10,12H2. The molecule has 0 atom stereocenters. The lowest BCUT2D eigenvalue weighted by molar-refractivity contribution is -0.131. The first-order valence-corrected chi connectivity index (χ1v) is 9.56. The van der Waals surface area contributed by atoms with Gasteiger partial charge in [0.25, 0.3) is 0 Å². The number of carbonyl (C=O) groups is 2. The number of benzene rings is 2. The van der Waals surface area contributed by atoms with Gasteiger partial charge in [-0.1, -0.05) is 12.1 Å². The van der Waals surface area contributed by atoms with Crippen molar-refractivity contribution in [3.63, 3.8) is 0 Å². The Morgan fingerprint density at radius 2 is 1.86 bits per heavy atom. The predicted octanol–water partition coefficient (Wildman–Crippen LogP) is 4.31. The van der Waals surface area contributed by atoms with E-state index in [0.717, 1.165) is 44.0 Å². The summed E-state index contributed by atoms with van der Waals surface area (Å²) in [4.78, 5) is 25.9. The lowest BCUT2D eigenvalue weighted by Crippen LogP contribution is -2.33. The van der Waals surface area contributed by atoms with Gasteiger partial charge >= 0.3 is 5.97 Å². The van der Waals surface area contributed by atoms with Crippen LogP contribution in [-0.4, -0.2) is 24.8 Å². The van der Waals surface area contributed by atoms with E-state index >= 15 is 0 Å². The Kier molecular flexibility index (Phi) is 5.11. The third-order valence-electron chi connectivity index (χ3n) is 5.61. The number of fused-ring (bicyclic) bond motifs is 1. The van der Waals surface area contributed by atoms with E-state index in [1.807, 2.05) is 0 Å².